The van der Waals surface area contributed by atoms with Crippen LogP contribution in [0.5, 0.6) is 11.5 Å². The molecule has 430 valence electrons. The van der Waals surface area contributed by atoms with Gasteiger partial charge in [-0.3, -0.25) is 9.59 Å². The van der Waals surface area contributed by atoms with Crippen LogP contribution in [-0.4, -0.2) is 55.4 Å². The van der Waals surface area contributed by atoms with E-state index in [2.05, 4.69) is 121 Å². The number of amides is 2. The molecule has 75 heavy (non-hydrogen) atoms. The van der Waals surface area contributed by atoms with E-state index >= 15 is 0 Å². The van der Waals surface area contributed by atoms with Gasteiger partial charge in [0.05, 0.1) is 11.7 Å². The predicted molar refractivity (Wildman–Crippen MR) is 316 cm³/mol. The molecule has 1 aromatic carbocycles. The molecule has 1 aromatic rings. The molecule has 3 aliphatic rings. The van der Waals surface area contributed by atoms with Crippen LogP contribution in [0.2, 0.25) is 0 Å². The fourth-order valence-corrected chi connectivity index (χ4v) is 12.6. The summed E-state index contributed by atoms with van der Waals surface area (Å²) in [6, 6.07) is 0. The zero-order chi connectivity index (χ0) is 55.3. The lowest BCUT2D eigenvalue weighted by Crippen LogP contribution is -2.44. The van der Waals surface area contributed by atoms with Crippen LogP contribution in [0.1, 0.15) is 266 Å². The number of carbonyl (C=O) groups excluding carboxylic acids is 2. The van der Waals surface area contributed by atoms with E-state index in [-0.39, 0.29) is 48.3 Å². The van der Waals surface area contributed by atoms with Crippen molar-refractivity contribution in [2.24, 2.45) is 41.4 Å². The first-order valence-corrected chi connectivity index (χ1v) is 31.2. The molecule has 4 rings (SSSR count). The standard InChI is InChI=1S/C67H116N2O6/c1-46(2)26-20-28-48(5)30-22-32-50(7)34-24-38-66(15)40-36-58-56(13)62(52(9)54(11)64(58)74-66)72-44-60(70)68-42-18-17-19-43-69-61(71)45-73-63-53(10)55(12)65-59(57(63)14)37-41-67(16,75-65)39-25-35-51(8)33-23-31-49(6)29-21-27-47(3)4/h46-51,54,64H,17-45H2,1-16H3,(H,68,70)(H,69,71). The summed E-state index contributed by atoms with van der Waals surface area (Å²) in [7, 11) is 0. The molecule has 0 aromatic heterocycles. The van der Waals surface area contributed by atoms with Crippen molar-refractivity contribution in [2.75, 3.05) is 26.3 Å². The van der Waals surface area contributed by atoms with Crippen LogP contribution in [0.4, 0.5) is 0 Å². The van der Waals surface area contributed by atoms with Gasteiger partial charge < -0.3 is 29.6 Å². The smallest absolute Gasteiger partial charge is 0.257 e. The number of rotatable bonds is 36. The highest BCUT2D eigenvalue weighted by Crippen LogP contribution is 2.47. The number of unbranched alkanes of at least 4 members (excludes halogenated alkanes) is 2. The van der Waals surface area contributed by atoms with Gasteiger partial charge in [0, 0.05) is 24.6 Å². The second-order valence-corrected chi connectivity index (χ2v) is 26.6. The molecule has 0 saturated carbocycles. The van der Waals surface area contributed by atoms with E-state index < -0.39 is 0 Å². The summed E-state index contributed by atoms with van der Waals surface area (Å²) in [4.78, 5) is 25.9. The number of ether oxygens (including phenoxy) is 4. The minimum atomic E-state index is -0.158. The Morgan fingerprint density at radius 2 is 1.01 bits per heavy atom. The predicted octanol–water partition coefficient (Wildman–Crippen LogP) is 17.5. The number of fused-ring (bicyclic) bond motifs is 2. The Morgan fingerprint density at radius 1 is 0.560 bits per heavy atom. The number of carbonyl (C=O) groups is 2. The molecule has 2 heterocycles. The third-order valence-corrected chi connectivity index (χ3v) is 18.3. The number of benzene rings is 1. The third kappa shape index (κ3) is 21.6. The van der Waals surface area contributed by atoms with Gasteiger partial charge in [0.15, 0.2) is 13.2 Å². The van der Waals surface area contributed by atoms with Crippen molar-refractivity contribution in [3.63, 3.8) is 0 Å². The maximum atomic E-state index is 12.9. The molecule has 1 saturated heterocycles. The zero-order valence-electron chi connectivity index (χ0n) is 51.6. The Hall–Kier alpha value is -3.00. The van der Waals surface area contributed by atoms with E-state index in [1.807, 2.05) is 0 Å². The van der Waals surface area contributed by atoms with Crippen molar-refractivity contribution >= 4 is 11.8 Å². The molecule has 0 spiro atoms. The fourth-order valence-electron chi connectivity index (χ4n) is 12.6. The maximum absolute atomic E-state index is 12.9. The Balaban J connectivity index is 1.08. The highest BCUT2D eigenvalue weighted by Gasteiger charge is 2.42. The molecule has 1 aliphatic carbocycles. The van der Waals surface area contributed by atoms with Crippen LogP contribution in [-0.2, 0) is 25.5 Å². The summed E-state index contributed by atoms with van der Waals surface area (Å²) in [5, 5.41) is 6.09. The quantitative estimate of drug-likeness (QED) is 0.0650. The summed E-state index contributed by atoms with van der Waals surface area (Å²) >= 11 is 0. The van der Waals surface area contributed by atoms with Gasteiger partial charge in [0.2, 0.25) is 0 Å². The number of nitrogens with one attached hydrogen (secondary N) is 2. The molecule has 8 atom stereocenters. The van der Waals surface area contributed by atoms with Crippen molar-refractivity contribution in [3.8, 4) is 11.5 Å². The van der Waals surface area contributed by atoms with Crippen LogP contribution >= 0.6 is 0 Å². The average Bonchev–Trinajstić information content (AvgIpc) is 3.34. The van der Waals surface area contributed by atoms with E-state index in [1.165, 1.54) is 119 Å². The second kappa shape index (κ2) is 32.2. The SMILES string of the molecule is CC1=C2CCC(C)(CCCC(C)CCCC(C)CCCC(C)C)OC2C(C)C(C)=C1OCC(=O)NCCCCCNC(=O)COc1c(C)c(C)c2c(c1C)CCC(C)(CCCC(C)CCCC(C)CCCC(C)C)O2. The van der Waals surface area contributed by atoms with E-state index in [0.29, 0.717) is 13.1 Å². The highest BCUT2D eigenvalue weighted by molar-refractivity contribution is 5.78. The molecular formula is C67H116N2O6. The third-order valence-electron chi connectivity index (χ3n) is 18.3. The van der Waals surface area contributed by atoms with E-state index in [0.717, 1.165) is 133 Å². The molecule has 2 N–H and O–H groups in total. The van der Waals surface area contributed by atoms with Crippen molar-refractivity contribution < 1.29 is 28.5 Å². The molecule has 0 radical (unpaired) electrons. The van der Waals surface area contributed by atoms with Gasteiger partial charge in [-0.1, -0.05) is 159 Å². The minimum absolute atomic E-state index is 0.00568. The summed E-state index contributed by atoms with van der Waals surface area (Å²) < 4.78 is 26.4. The van der Waals surface area contributed by atoms with E-state index in [9.17, 15) is 9.59 Å². The van der Waals surface area contributed by atoms with Crippen LogP contribution in [0.3, 0.4) is 0 Å². The molecular weight excluding hydrogens is 929 g/mol. The van der Waals surface area contributed by atoms with Gasteiger partial charge in [-0.2, -0.15) is 0 Å². The summed E-state index contributed by atoms with van der Waals surface area (Å²) in [5.74, 6) is 7.56. The molecule has 8 unspecified atom stereocenters. The van der Waals surface area contributed by atoms with Crippen LogP contribution in [0.15, 0.2) is 22.5 Å². The second-order valence-electron chi connectivity index (χ2n) is 26.6. The average molecular weight is 1050 g/mol. The number of allylic oxidation sites excluding steroid dienone is 1. The first-order valence-electron chi connectivity index (χ1n) is 31.2. The molecule has 0 bridgehead atoms. The fraction of sp³-hybridized carbons (Fsp3) is 0.821. The lowest BCUT2D eigenvalue weighted by atomic mass is 9.75. The molecule has 1 fully saturated rings. The Kier molecular flexibility index (Phi) is 27.7. The van der Waals surface area contributed by atoms with Gasteiger partial charge in [0.25, 0.3) is 11.8 Å². The van der Waals surface area contributed by atoms with Crippen LogP contribution < -0.4 is 20.1 Å². The lowest BCUT2D eigenvalue weighted by molar-refractivity contribution is -0.125. The molecule has 2 aliphatic heterocycles. The molecule has 2 amide bonds. The van der Waals surface area contributed by atoms with Gasteiger partial charge in [-0.05, 0) is 182 Å². The molecule has 8 heteroatoms. The first-order chi connectivity index (χ1) is 35.5. The van der Waals surface area contributed by atoms with E-state index in [1.54, 1.807) is 0 Å². The van der Waals surface area contributed by atoms with Gasteiger partial charge in [-0.15, -0.1) is 0 Å². The van der Waals surface area contributed by atoms with Crippen molar-refractivity contribution in [1.82, 2.24) is 10.6 Å². The number of hydrogen-bond acceptors (Lipinski definition) is 6. The molecule has 8 nitrogen and oxygen atoms in total. The van der Waals surface area contributed by atoms with Gasteiger partial charge in [-0.25, -0.2) is 0 Å². The highest BCUT2D eigenvalue weighted by atomic mass is 16.5. The van der Waals surface area contributed by atoms with Crippen molar-refractivity contribution in [2.45, 2.75) is 289 Å². The van der Waals surface area contributed by atoms with Crippen LogP contribution in [0.25, 0.3) is 0 Å². The Morgan fingerprint density at radius 3 is 1.52 bits per heavy atom. The normalized spacial score (nSPS) is 22.4. The maximum Gasteiger partial charge on any atom is 0.257 e. The van der Waals surface area contributed by atoms with Crippen LogP contribution in [0, 0.1) is 62.2 Å². The summed E-state index contributed by atoms with van der Waals surface area (Å²) in [6.07, 6.45) is 30.1. The minimum Gasteiger partial charge on any atom is -0.487 e. The number of hydrogen-bond donors (Lipinski definition) is 2. The Bertz CT molecular complexity index is 1970. The van der Waals surface area contributed by atoms with Gasteiger partial charge in [0.1, 0.15) is 22.9 Å². The largest absolute Gasteiger partial charge is 0.487 e. The van der Waals surface area contributed by atoms with Crippen molar-refractivity contribution in [1.29, 1.82) is 0 Å². The monoisotopic (exact) mass is 1040 g/mol. The lowest BCUT2D eigenvalue weighted by Gasteiger charge is -2.46. The van der Waals surface area contributed by atoms with Crippen molar-refractivity contribution in [3.05, 3.63) is 44.7 Å². The zero-order valence-corrected chi connectivity index (χ0v) is 51.6. The van der Waals surface area contributed by atoms with Gasteiger partial charge >= 0.3 is 0 Å². The Labute approximate surface area is 461 Å². The topological polar surface area (TPSA) is 95.1 Å². The van der Waals surface area contributed by atoms with E-state index in [4.69, 9.17) is 18.9 Å². The first kappa shape index (κ1) is 64.5. The summed E-state index contributed by atoms with van der Waals surface area (Å²) in [5.41, 5.74) is 7.89. The summed E-state index contributed by atoms with van der Waals surface area (Å²) in [6.45, 7) is 37.8.